The van der Waals surface area contributed by atoms with Gasteiger partial charge in [-0.3, -0.25) is 4.79 Å². The van der Waals surface area contributed by atoms with Crippen LogP contribution in [0.2, 0.25) is 0 Å². The number of nitrogens with zero attached hydrogens (tertiary/aromatic N) is 3. The zero-order chi connectivity index (χ0) is 22.7. The minimum atomic E-state index is -0.342. The Morgan fingerprint density at radius 1 is 1.12 bits per heavy atom. The van der Waals surface area contributed by atoms with E-state index in [0.717, 1.165) is 53.8 Å². The van der Waals surface area contributed by atoms with Crippen molar-refractivity contribution in [1.29, 1.82) is 0 Å². The first-order valence-corrected chi connectivity index (χ1v) is 11.2. The Morgan fingerprint density at radius 3 is 2.50 bits per heavy atom. The maximum Gasteiger partial charge on any atom is 0.227 e. The highest BCUT2D eigenvalue weighted by Crippen LogP contribution is 2.28. The van der Waals surface area contributed by atoms with Crippen LogP contribution in [0.15, 0.2) is 48.7 Å². The molecule has 1 aromatic heterocycles. The Labute approximate surface area is 189 Å². The lowest BCUT2D eigenvalue weighted by Gasteiger charge is -2.34. The first-order chi connectivity index (χ1) is 15.4. The number of carbonyl (C=O) groups excluding carboxylic acids is 1. The molecule has 1 aliphatic rings. The van der Waals surface area contributed by atoms with Gasteiger partial charge in [-0.15, -0.1) is 0 Å². The molecule has 0 bridgehead atoms. The molecule has 3 N–H and O–H groups in total. The van der Waals surface area contributed by atoms with E-state index < -0.39 is 0 Å². The molecule has 1 unspecified atom stereocenters. The number of hydrogen-bond donors (Lipinski definition) is 2. The summed E-state index contributed by atoms with van der Waals surface area (Å²) in [6.07, 6.45) is 4.03. The number of nitrogens with two attached hydrogens (primary N) is 1. The predicted octanol–water partition coefficient (Wildman–Crippen LogP) is 4.21. The number of nitrogens with one attached hydrogen (secondary N) is 1. The summed E-state index contributed by atoms with van der Waals surface area (Å²) in [7, 11) is 0. The first kappa shape index (κ1) is 22.0. The molecule has 1 saturated heterocycles. The summed E-state index contributed by atoms with van der Waals surface area (Å²) in [5, 5.41) is 4.18. The van der Waals surface area contributed by atoms with Crippen LogP contribution >= 0.6 is 0 Å². The summed E-state index contributed by atoms with van der Waals surface area (Å²) in [5.41, 5.74) is 7.91. The topological polar surface area (TPSA) is 93.4 Å². The fourth-order valence-electron chi connectivity index (χ4n) is 4.02. The van der Waals surface area contributed by atoms with Crippen molar-refractivity contribution in [2.45, 2.75) is 51.7 Å². The number of likely N-dealkylation sites (tertiary alicyclic amines) is 1. The average Bonchev–Trinajstić information content (AvgIpc) is 2.80. The molecular formula is C25H31N5O2. The van der Waals surface area contributed by atoms with Gasteiger partial charge in [-0.25, -0.2) is 9.97 Å². The number of amides is 1. The second-order valence-corrected chi connectivity index (χ2v) is 8.71. The number of ether oxygens (including phenoxy) is 1. The van der Waals surface area contributed by atoms with Crippen LogP contribution in [0.5, 0.6) is 5.75 Å². The number of para-hydroxylation sites is 1. The Balaban J connectivity index is 1.49. The van der Waals surface area contributed by atoms with Gasteiger partial charge in [0.2, 0.25) is 11.9 Å². The number of anilines is 2. The molecule has 3 aromatic rings. The lowest BCUT2D eigenvalue weighted by Crippen LogP contribution is -2.41. The molecule has 7 nitrogen and oxygen atoms in total. The van der Waals surface area contributed by atoms with Crippen molar-refractivity contribution in [1.82, 2.24) is 14.9 Å². The van der Waals surface area contributed by atoms with Gasteiger partial charge in [0.1, 0.15) is 17.4 Å². The van der Waals surface area contributed by atoms with Crippen molar-refractivity contribution >= 4 is 28.4 Å². The smallest absolute Gasteiger partial charge is 0.227 e. The molecule has 0 saturated carbocycles. The zero-order valence-electron chi connectivity index (χ0n) is 18.9. The molecule has 0 aliphatic carbocycles. The van der Waals surface area contributed by atoms with Crippen LogP contribution in [0.3, 0.4) is 0 Å². The second kappa shape index (κ2) is 9.53. The van der Waals surface area contributed by atoms with Gasteiger partial charge in [0.05, 0.1) is 5.92 Å². The highest BCUT2D eigenvalue weighted by Gasteiger charge is 2.22. The normalized spacial score (nSPS) is 16.2. The van der Waals surface area contributed by atoms with E-state index in [1.807, 2.05) is 48.7 Å². The standard InChI is InChI=1S/C25H31N5O2/c1-16(2)30-13-11-21(12-14-30)32-22-6-4-5-19-15-27-25(29-23(19)22)28-20-9-7-18(8-10-20)17(3)24(26)31/h4-10,15-17,21H,11-14H2,1-3H3,(H2,26,31)(H,27,28,29). The van der Waals surface area contributed by atoms with Gasteiger partial charge in [0, 0.05) is 36.4 Å². The third kappa shape index (κ3) is 4.99. The SMILES string of the molecule is CC(C(N)=O)c1ccc(Nc2ncc3cccc(OC4CCN(C(C)C)CC4)c3n2)cc1. The largest absolute Gasteiger partial charge is 0.488 e. The fraction of sp³-hybridized carbons (Fsp3) is 0.400. The molecule has 2 aromatic carbocycles. The van der Waals surface area contributed by atoms with Crippen molar-refractivity contribution in [3.05, 3.63) is 54.2 Å². The van der Waals surface area contributed by atoms with E-state index in [1.165, 1.54) is 0 Å². The van der Waals surface area contributed by atoms with Gasteiger partial charge in [0.25, 0.3) is 0 Å². The Bertz CT molecular complexity index is 1080. The lowest BCUT2D eigenvalue weighted by molar-refractivity contribution is -0.119. The van der Waals surface area contributed by atoms with Crippen molar-refractivity contribution in [2.24, 2.45) is 5.73 Å². The van der Waals surface area contributed by atoms with Gasteiger partial charge in [0.15, 0.2) is 0 Å². The van der Waals surface area contributed by atoms with E-state index in [-0.39, 0.29) is 17.9 Å². The molecule has 7 heteroatoms. The summed E-state index contributed by atoms with van der Waals surface area (Å²) < 4.78 is 6.38. The monoisotopic (exact) mass is 433 g/mol. The maximum atomic E-state index is 11.4. The van der Waals surface area contributed by atoms with Gasteiger partial charge in [-0.1, -0.05) is 24.3 Å². The van der Waals surface area contributed by atoms with Crippen LogP contribution in [-0.4, -0.2) is 46.0 Å². The number of carbonyl (C=O) groups is 1. The quantitative estimate of drug-likeness (QED) is 0.580. The predicted molar refractivity (Wildman–Crippen MR) is 127 cm³/mol. The molecule has 4 rings (SSSR count). The molecule has 1 fully saturated rings. The molecule has 0 spiro atoms. The Kier molecular flexibility index (Phi) is 6.55. The number of aromatic nitrogens is 2. The molecule has 32 heavy (non-hydrogen) atoms. The van der Waals surface area contributed by atoms with Gasteiger partial charge in [-0.05, 0) is 57.4 Å². The van der Waals surface area contributed by atoms with Crippen molar-refractivity contribution < 1.29 is 9.53 Å². The van der Waals surface area contributed by atoms with Crippen LogP contribution in [0.1, 0.15) is 45.1 Å². The minimum Gasteiger partial charge on any atom is -0.488 e. The number of rotatable bonds is 7. The van der Waals surface area contributed by atoms with Gasteiger partial charge >= 0.3 is 0 Å². The van der Waals surface area contributed by atoms with Crippen LogP contribution in [0.4, 0.5) is 11.6 Å². The minimum absolute atomic E-state index is 0.196. The molecule has 1 aliphatic heterocycles. The lowest BCUT2D eigenvalue weighted by atomic mass is 10.0. The van der Waals surface area contributed by atoms with Crippen LogP contribution in [-0.2, 0) is 4.79 Å². The zero-order valence-corrected chi connectivity index (χ0v) is 18.9. The average molecular weight is 434 g/mol. The molecule has 1 atom stereocenters. The van der Waals surface area contributed by atoms with E-state index in [4.69, 9.17) is 15.5 Å². The summed E-state index contributed by atoms with van der Waals surface area (Å²) in [4.78, 5) is 23.1. The van der Waals surface area contributed by atoms with Crippen molar-refractivity contribution in [3.63, 3.8) is 0 Å². The summed E-state index contributed by atoms with van der Waals surface area (Å²) in [6, 6.07) is 14.1. The van der Waals surface area contributed by atoms with E-state index in [9.17, 15) is 4.79 Å². The number of benzene rings is 2. The second-order valence-electron chi connectivity index (χ2n) is 8.71. The third-order valence-electron chi connectivity index (χ3n) is 6.17. The summed E-state index contributed by atoms with van der Waals surface area (Å²) in [5.74, 6) is 0.625. The van der Waals surface area contributed by atoms with Crippen LogP contribution in [0.25, 0.3) is 10.9 Å². The number of primary amides is 1. The number of piperidine rings is 1. The van der Waals surface area contributed by atoms with E-state index in [0.29, 0.717) is 12.0 Å². The number of hydrogen-bond acceptors (Lipinski definition) is 6. The van der Waals surface area contributed by atoms with Gasteiger partial charge < -0.3 is 20.7 Å². The van der Waals surface area contributed by atoms with Crippen LogP contribution < -0.4 is 15.8 Å². The summed E-state index contributed by atoms with van der Waals surface area (Å²) >= 11 is 0. The maximum absolute atomic E-state index is 11.4. The van der Waals surface area contributed by atoms with E-state index in [2.05, 4.69) is 29.0 Å². The first-order valence-electron chi connectivity index (χ1n) is 11.2. The van der Waals surface area contributed by atoms with Crippen LogP contribution in [0, 0.1) is 0 Å². The Morgan fingerprint density at radius 2 is 1.84 bits per heavy atom. The molecular weight excluding hydrogens is 402 g/mol. The molecule has 168 valence electrons. The molecule has 2 heterocycles. The highest BCUT2D eigenvalue weighted by molar-refractivity contribution is 5.85. The van der Waals surface area contributed by atoms with E-state index in [1.54, 1.807) is 6.92 Å². The van der Waals surface area contributed by atoms with Crippen molar-refractivity contribution in [3.8, 4) is 5.75 Å². The molecule has 1 amide bonds. The van der Waals surface area contributed by atoms with E-state index >= 15 is 0 Å². The molecule has 0 radical (unpaired) electrons. The Hall–Kier alpha value is -3.19. The highest BCUT2D eigenvalue weighted by atomic mass is 16.5. The van der Waals surface area contributed by atoms with Crippen molar-refractivity contribution in [2.75, 3.05) is 18.4 Å². The summed E-state index contributed by atoms with van der Waals surface area (Å²) in [6.45, 7) is 8.39. The third-order valence-corrected chi connectivity index (χ3v) is 6.17. The number of fused-ring (bicyclic) bond motifs is 1. The fourth-order valence-corrected chi connectivity index (χ4v) is 4.02. The van der Waals surface area contributed by atoms with Gasteiger partial charge in [-0.2, -0.15) is 0 Å².